The van der Waals surface area contributed by atoms with Gasteiger partial charge in [-0.15, -0.1) is 0 Å². The summed E-state index contributed by atoms with van der Waals surface area (Å²) in [7, 11) is 0. The molecule has 7 heteroatoms. The summed E-state index contributed by atoms with van der Waals surface area (Å²) in [5.74, 6) is -0.760. The van der Waals surface area contributed by atoms with Crippen LogP contribution in [-0.4, -0.2) is 50.1 Å². The molecule has 1 saturated carbocycles. The van der Waals surface area contributed by atoms with Crippen molar-refractivity contribution in [2.24, 2.45) is 11.3 Å². The Morgan fingerprint density at radius 1 is 1.26 bits per heavy atom. The van der Waals surface area contributed by atoms with E-state index in [2.05, 4.69) is 10.00 Å². The lowest BCUT2D eigenvalue weighted by Crippen LogP contribution is -2.55. The van der Waals surface area contributed by atoms with E-state index >= 15 is 0 Å². The van der Waals surface area contributed by atoms with Crippen LogP contribution < -0.4 is 0 Å². The van der Waals surface area contributed by atoms with Gasteiger partial charge in [0.15, 0.2) is 0 Å². The zero-order valence-electron chi connectivity index (χ0n) is 15.1. The second-order valence-corrected chi connectivity index (χ2v) is 7.89. The van der Waals surface area contributed by atoms with Gasteiger partial charge in [0.05, 0.1) is 18.0 Å². The maximum absolute atomic E-state index is 13.1. The van der Waals surface area contributed by atoms with E-state index < -0.39 is 17.5 Å². The van der Waals surface area contributed by atoms with Crippen LogP contribution in [0.15, 0.2) is 36.7 Å². The van der Waals surface area contributed by atoms with Gasteiger partial charge in [-0.3, -0.25) is 9.69 Å². The zero-order chi connectivity index (χ0) is 19.0. The number of benzene rings is 1. The first-order valence-electron chi connectivity index (χ1n) is 9.39. The van der Waals surface area contributed by atoms with Crippen LogP contribution in [0.5, 0.6) is 0 Å². The quantitative estimate of drug-likeness (QED) is 0.813. The number of rotatable bonds is 6. The Morgan fingerprint density at radius 2 is 2.00 bits per heavy atom. The third-order valence-electron chi connectivity index (χ3n) is 5.77. The fraction of sp³-hybridized carbons (Fsp3) is 0.500. The van der Waals surface area contributed by atoms with E-state index in [-0.39, 0.29) is 5.82 Å². The molecule has 0 amide bonds. The normalized spacial score (nSPS) is 26.2. The van der Waals surface area contributed by atoms with Gasteiger partial charge in [-0.1, -0.05) is 12.8 Å². The van der Waals surface area contributed by atoms with Crippen molar-refractivity contribution < 1.29 is 19.4 Å². The number of hydrogen-bond donors (Lipinski definition) is 2. The molecule has 1 aromatic carbocycles. The second kappa shape index (κ2) is 7.05. The monoisotopic (exact) mass is 373 g/mol. The van der Waals surface area contributed by atoms with Crippen molar-refractivity contribution in [3.8, 4) is 5.69 Å². The minimum absolute atomic E-state index is 0.293. The van der Waals surface area contributed by atoms with Crippen LogP contribution in [0, 0.1) is 17.2 Å². The van der Waals surface area contributed by atoms with E-state index in [0.717, 1.165) is 24.1 Å². The lowest BCUT2D eigenvalue weighted by atomic mass is 9.73. The van der Waals surface area contributed by atoms with Crippen LogP contribution in [0.3, 0.4) is 0 Å². The summed E-state index contributed by atoms with van der Waals surface area (Å²) in [6.45, 7) is 1.58. The maximum Gasteiger partial charge on any atom is 0.313 e. The van der Waals surface area contributed by atoms with Crippen molar-refractivity contribution in [3.05, 3.63) is 48.0 Å². The van der Waals surface area contributed by atoms with Gasteiger partial charge in [0.25, 0.3) is 0 Å². The van der Waals surface area contributed by atoms with E-state index in [4.69, 9.17) is 0 Å². The first-order chi connectivity index (χ1) is 13.0. The van der Waals surface area contributed by atoms with Crippen molar-refractivity contribution in [1.82, 2.24) is 14.7 Å². The molecule has 6 nitrogen and oxygen atoms in total. The number of carboxylic acid groups (broad SMARTS) is 1. The predicted octanol–water partition coefficient (Wildman–Crippen LogP) is 2.45. The summed E-state index contributed by atoms with van der Waals surface area (Å²) in [6, 6.07) is 6.10. The van der Waals surface area contributed by atoms with Gasteiger partial charge in [-0.2, -0.15) is 5.10 Å². The number of hydrogen-bond acceptors (Lipinski definition) is 4. The van der Waals surface area contributed by atoms with E-state index in [1.165, 1.54) is 12.1 Å². The number of carboxylic acids is 1. The Bertz CT molecular complexity index is 818. The first-order valence-corrected chi connectivity index (χ1v) is 9.39. The number of piperidine rings is 1. The number of nitrogens with zero attached hydrogens (tertiary/aromatic N) is 3. The van der Waals surface area contributed by atoms with Gasteiger partial charge < -0.3 is 10.2 Å². The molecular formula is C20H24FN3O3. The molecule has 4 rings (SSSR count). The lowest BCUT2D eigenvalue weighted by molar-refractivity contribution is -0.165. The predicted molar refractivity (Wildman–Crippen MR) is 96.8 cm³/mol. The molecule has 0 bridgehead atoms. The minimum Gasteiger partial charge on any atom is -0.481 e. The van der Waals surface area contributed by atoms with Gasteiger partial charge in [0, 0.05) is 31.4 Å². The maximum atomic E-state index is 13.1. The highest BCUT2D eigenvalue weighted by molar-refractivity contribution is 5.76. The van der Waals surface area contributed by atoms with Gasteiger partial charge in [0.1, 0.15) is 11.2 Å². The molecule has 1 aromatic heterocycles. The average molecular weight is 373 g/mol. The highest BCUT2D eigenvalue weighted by atomic mass is 19.1. The molecule has 1 aliphatic heterocycles. The third kappa shape index (κ3) is 3.75. The summed E-state index contributed by atoms with van der Waals surface area (Å²) in [5, 5.41) is 24.7. The molecule has 0 radical (unpaired) electrons. The first kappa shape index (κ1) is 18.1. The summed E-state index contributed by atoms with van der Waals surface area (Å²) in [5.41, 5.74) is 0.651. The fourth-order valence-electron chi connectivity index (χ4n) is 4.07. The summed E-state index contributed by atoms with van der Waals surface area (Å²) in [4.78, 5) is 14.1. The Morgan fingerprint density at radius 3 is 2.67 bits per heavy atom. The van der Waals surface area contributed by atoms with Gasteiger partial charge in [-0.05, 0) is 43.0 Å². The van der Waals surface area contributed by atoms with Crippen molar-refractivity contribution >= 4 is 5.97 Å². The Kier molecular flexibility index (Phi) is 4.74. The molecule has 0 unspecified atom stereocenters. The standard InChI is InChI=1S/C20H24FN3O3/c21-16-3-5-17(6-4-16)24-12-15(10-22-24)11-23-8-7-18(25)20(13-23,19(26)27)9-14-1-2-14/h3-6,10,12,14,18,25H,1-2,7-9,11,13H2,(H,26,27)/t18-,20-/m1/s1. The highest BCUT2D eigenvalue weighted by Gasteiger charge is 2.51. The van der Waals surface area contributed by atoms with Crippen molar-refractivity contribution in [2.45, 2.75) is 38.3 Å². The van der Waals surface area contributed by atoms with Crippen LogP contribution in [0.2, 0.25) is 0 Å². The number of carbonyl (C=O) groups is 1. The highest BCUT2D eigenvalue weighted by Crippen LogP contribution is 2.45. The molecule has 0 spiro atoms. The molecule has 1 saturated heterocycles. The molecule has 2 aromatic rings. The average Bonchev–Trinajstić information content (AvgIpc) is 3.34. The molecule has 144 valence electrons. The number of aliphatic carboxylic acids is 1. The number of likely N-dealkylation sites (tertiary alicyclic amines) is 1. The molecule has 1 aliphatic carbocycles. The van der Waals surface area contributed by atoms with E-state index in [1.54, 1.807) is 23.0 Å². The van der Waals surface area contributed by atoms with Crippen molar-refractivity contribution in [2.75, 3.05) is 13.1 Å². The summed E-state index contributed by atoms with van der Waals surface area (Å²) < 4.78 is 14.8. The summed E-state index contributed by atoms with van der Waals surface area (Å²) >= 11 is 0. The van der Waals surface area contributed by atoms with Crippen molar-refractivity contribution in [1.29, 1.82) is 0 Å². The van der Waals surface area contributed by atoms with E-state index in [0.29, 0.717) is 38.4 Å². The van der Waals surface area contributed by atoms with Gasteiger partial charge >= 0.3 is 5.97 Å². The zero-order valence-corrected chi connectivity index (χ0v) is 15.1. The number of aliphatic hydroxyl groups excluding tert-OH is 1. The summed E-state index contributed by atoms with van der Waals surface area (Å²) in [6.07, 6.45) is 5.96. The van der Waals surface area contributed by atoms with Crippen LogP contribution in [-0.2, 0) is 11.3 Å². The molecule has 2 N–H and O–H groups in total. The minimum atomic E-state index is -1.08. The Balaban J connectivity index is 1.47. The van der Waals surface area contributed by atoms with Gasteiger partial charge in [-0.25, -0.2) is 9.07 Å². The lowest BCUT2D eigenvalue weighted by Gasteiger charge is -2.43. The Hall–Kier alpha value is -2.25. The smallest absolute Gasteiger partial charge is 0.313 e. The van der Waals surface area contributed by atoms with Crippen LogP contribution in [0.4, 0.5) is 4.39 Å². The number of aliphatic hydroxyl groups is 1. The van der Waals surface area contributed by atoms with Crippen LogP contribution in [0.1, 0.15) is 31.2 Å². The Labute approximate surface area is 157 Å². The molecular weight excluding hydrogens is 349 g/mol. The van der Waals surface area contributed by atoms with E-state index in [9.17, 15) is 19.4 Å². The molecule has 2 heterocycles. The molecule has 2 atom stereocenters. The topological polar surface area (TPSA) is 78.6 Å². The number of aromatic nitrogens is 2. The largest absolute Gasteiger partial charge is 0.481 e. The van der Waals surface area contributed by atoms with Gasteiger partial charge in [0.2, 0.25) is 0 Å². The third-order valence-corrected chi connectivity index (χ3v) is 5.77. The van der Waals surface area contributed by atoms with Crippen molar-refractivity contribution in [3.63, 3.8) is 0 Å². The molecule has 2 aliphatic rings. The molecule has 2 fully saturated rings. The van der Waals surface area contributed by atoms with Crippen LogP contribution >= 0.6 is 0 Å². The van der Waals surface area contributed by atoms with E-state index in [1.807, 2.05) is 6.20 Å². The SMILES string of the molecule is O=C(O)[C@]1(CC2CC2)CN(Cc2cnn(-c3ccc(F)cc3)c2)CC[C@H]1O. The number of halogens is 1. The fourth-order valence-corrected chi connectivity index (χ4v) is 4.07. The molecule has 27 heavy (non-hydrogen) atoms. The second-order valence-electron chi connectivity index (χ2n) is 7.89. The van der Waals surface area contributed by atoms with Crippen LogP contribution in [0.25, 0.3) is 5.69 Å².